The van der Waals surface area contributed by atoms with Gasteiger partial charge in [0.05, 0.1) is 17.7 Å². The van der Waals surface area contributed by atoms with Crippen molar-refractivity contribution in [1.82, 2.24) is 4.72 Å². The van der Waals surface area contributed by atoms with Crippen LogP contribution in [0, 0.1) is 5.92 Å². The molecular formula is C13H20N2O4S. The summed E-state index contributed by atoms with van der Waals surface area (Å²) in [6.45, 7) is 1.82. The highest BCUT2D eigenvalue weighted by atomic mass is 32.2. The maximum atomic E-state index is 12.2. The lowest BCUT2D eigenvalue weighted by molar-refractivity contribution is 0.0678. The summed E-state index contributed by atoms with van der Waals surface area (Å²) in [7, 11) is -2.08. The van der Waals surface area contributed by atoms with Crippen molar-refractivity contribution >= 4 is 15.7 Å². The van der Waals surface area contributed by atoms with E-state index in [9.17, 15) is 8.42 Å². The van der Waals surface area contributed by atoms with Crippen molar-refractivity contribution in [2.24, 2.45) is 5.92 Å². The van der Waals surface area contributed by atoms with Crippen molar-refractivity contribution in [3.05, 3.63) is 18.2 Å². The Kier molecular flexibility index (Phi) is 4.85. The zero-order chi connectivity index (χ0) is 14.6. The number of anilines is 1. The van der Waals surface area contributed by atoms with Crippen LogP contribution < -0.4 is 15.2 Å². The normalized spacial score (nSPS) is 17.1. The van der Waals surface area contributed by atoms with Gasteiger partial charge >= 0.3 is 0 Å². The van der Waals surface area contributed by atoms with E-state index in [4.69, 9.17) is 15.2 Å². The minimum absolute atomic E-state index is 0.163. The van der Waals surface area contributed by atoms with Crippen LogP contribution in [-0.4, -0.2) is 35.3 Å². The Balaban J connectivity index is 2.05. The number of nitrogens with one attached hydrogen (secondary N) is 1. The molecule has 0 radical (unpaired) electrons. The molecule has 0 amide bonds. The van der Waals surface area contributed by atoms with Crippen molar-refractivity contribution in [2.45, 2.75) is 17.7 Å². The zero-order valence-corrected chi connectivity index (χ0v) is 12.3. The number of benzene rings is 1. The van der Waals surface area contributed by atoms with E-state index in [0.717, 1.165) is 12.8 Å². The number of hydrogen-bond donors (Lipinski definition) is 2. The molecule has 0 aromatic heterocycles. The van der Waals surface area contributed by atoms with E-state index >= 15 is 0 Å². The molecule has 2 rings (SSSR count). The predicted octanol–water partition coefficient (Wildman–Crippen LogP) is 0.982. The van der Waals surface area contributed by atoms with Crippen LogP contribution in [0.3, 0.4) is 0 Å². The van der Waals surface area contributed by atoms with Crippen LogP contribution in [0.2, 0.25) is 0 Å². The number of rotatable bonds is 5. The van der Waals surface area contributed by atoms with Gasteiger partial charge in [0, 0.05) is 25.8 Å². The van der Waals surface area contributed by atoms with E-state index in [1.54, 1.807) is 0 Å². The average Bonchev–Trinajstić information content (AvgIpc) is 2.46. The molecule has 1 aliphatic heterocycles. The van der Waals surface area contributed by atoms with Crippen LogP contribution in [0.4, 0.5) is 5.69 Å². The van der Waals surface area contributed by atoms with Crippen LogP contribution >= 0.6 is 0 Å². The number of sulfonamides is 1. The summed E-state index contributed by atoms with van der Waals surface area (Å²) in [6.07, 6.45) is 1.77. The van der Waals surface area contributed by atoms with E-state index in [2.05, 4.69) is 4.72 Å². The van der Waals surface area contributed by atoms with Gasteiger partial charge in [0.1, 0.15) is 5.75 Å². The van der Waals surface area contributed by atoms with Crippen molar-refractivity contribution in [2.75, 3.05) is 32.6 Å². The van der Waals surface area contributed by atoms with Crippen molar-refractivity contribution in [1.29, 1.82) is 0 Å². The van der Waals surface area contributed by atoms with Crippen LogP contribution in [-0.2, 0) is 14.8 Å². The Morgan fingerprint density at radius 2 is 2.10 bits per heavy atom. The molecule has 6 nitrogen and oxygen atoms in total. The maximum absolute atomic E-state index is 12.2. The molecule has 0 atom stereocenters. The molecule has 0 unspecified atom stereocenters. The van der Waals surface area contributed by atoms with Crippen LogP contribution in [0.1, 0.15) is 12.8 Å². The molecule has 3 N–H and O–H groups in total. The van der Waals surface area contributed by atoms with Gasteiger partial charge in [-0.15, -0.1) is 0 Å². The van der Waals surface area contributed by atoms with Gasteiger partial charge in [0.15, 0.2) is 0 Å². The van der Waals surface area contributed by atoms with Gasteiger partial charge < -0.3 is 15.2 Å². The fraction of sp³-hybridized carbons (Fsp3) is 0.538. The number of nitrogen functional groups attached to an aromatic ring is 1. The fourth-order valence-electron chi connectivity index (χ4n) is 2.12. The van der Waals surface area contributed by atoms with Gasteiger partial charge in [-0.05, 0) is 30.9 Å². The Morgan fingerprint density at radius 1 is 1.40 bits per heavy atom. The largest absolute Gasteiger partial charge is 0.495 e. The molecular weight excluding hydrogens is 280 g/mol. The molecule has 7 heteroatoms. The SMILES string of the molecule is COc1cc(S(=O)(=O)NCC2CCOCC2)ccc1N. The molecule has 0 aliphatic carbocycles. The Morgan fingerprint density at radius 3 is 2.75 bits per heavy atom. The molecule has 0 spiro atoms. The van der Waals surface area contributed by atoms with Crippen LogP contribution in [0.5, 0.6) is 5.75 Å². The third-order valence-electron chi connectivity index (χ3n) is 3.42. The smallest absolute Gasteiger partial charge is 0.240 e. The first-order valence-electron chi connectivity index (χ1n) is 6.54. The average molecular weight is 300 g/mol. The van der Waals surface area contributed by atoms with E-state index in [1.807, 2.05) is 0 Å². The number of nitrogens with two attached hydrogens (primary N) is 1. The zero-order valence-electron chi connectivity index (χ0n) is 11.5. The first kappa shape index (κ1) is 15.1. The third-order valence-corrected chi connectivity index (χ3v) is 4.84. The highest BCUT2D eigenvalue weighted by molar-refractivity contribution is 7.89. The molecule has 20 heavy (non-hydrogen) atoms. The quantitative estimate of drug-likeness (QED) is 0.791. The summed E-state index contributed by atoms with van der Waals surface area (Å²) in [4.78, 5) is 0.163. The van der Waals surface area contributed by atoms with Crippen LogP contribution in [0.15, 0.2) is 23.1 Å². The summed E-state index contributed by atoms with van der Waals surface area (Å²) < 4.78 is 37.4. The van der Waals surface area contributed by atoms with E-state index in [1.165, 1.54) is 25.3 Å². The Bertz CT molecular complexity index is 553. The number of ether oxygens (including phenoxy) is 2. The van der Waals surface area contributed by atoms with Crippen molar-refractivity contribution < 1.29 is 17.9 Å². The molecule has 112 valence electrons. The van der Waals surface area contributed by atoms with Crippen LogP contribution in [0.25, 0.3) is 0 Å². The predicted molar refractivity (Wildman–Crippen MR) is 76.1 cm³/mol. The molecule has 1 saturated heterocycles. The minimum Gasteiger partial charge on any atom is -0.495 e. The Hall–Kier alpha value is -1.31. The van der Waals surface area contributed by atoms with Gasteiger partial charge in [-0.1, -0.05) is 0 Å². The number of methoxy groups -OCH3 is 1. The molecule has 1 aromatic carbocycles. The second-order valence-corrected chi connectivity index (χ2v) is 6.58. The van der Waals surface area contributed by atoms with Gasteiger partial charge in [0.25, 0.3) is 0 Å². The second kappa shape index (κ2) is 6.43. The topological polar surface area (TPSA) is 90.7 Å². The highest BCUT2D eigenvalue weighted by Gasteiger charge is 2.20. The van der Waals surface area contributed by atoms with E-state index < -0.39 is 10.0 Å². The summed E-state index contributed by atoms with van der Waals surface area (Å²) in [5, 5.41) is 0. The minimum atomic E-state index is -3.54. The van der Waals surface area contributed by atoms with E-state index in [0.29, 0.717) is 37.1 Å². The van der Waals surface area contributed by atoms with Gasteiger partial charge in [-0.3, -0.25) is 0 Å². The first-order chi connectivity index (χ1) is 9.53. The number of hydrogen-bond acceptors (Lipinski definition) is 5. The molecule has 0 bridgehead atoms. The van der Waals surface area contributed by atoms with Crippen molar-refractivity contribution in [3.8, 4) is 5.75 Å². The lowest BCUT2D eigenvalue weighted by Gasteiger charge is -2.22. The third kappa shape index (κ3) is 3.62. The second-order valence-electron chi connectivity index (χ2n) is 4.81. The van der Waals surface area contributed by atoms with Gasteiger partial charge in [0.2, 0.25) is 10.0 Å². The molecule has 1 aromatic rings. The molecule has 1 aliphatic rings. The Labute approximate surface area is 119 Å². The summed E-state index contributed by atoms with van der Waals surface area (Å²) in [6, 6.07) is 4.44. The van der Waals surface area contributed by atoms with Gasteiger partial charge in [-0.25, -0.2) is 13.1 Å². The molecule has 1 heterocycles. The molecule has 1 fully saturated rings. The first-order valence-corrected chi connectivity index (χ1v) is 8.02. The standard InChI is InChI=1S/C13H20N2O4S/c1-18-13-8-11(2-3-12(13)14)20(16,17)15-9-10-4-6-19-7-5-10/h2-3,8,10,15H,4-7,9,14H2,1H3. The maximum Gasteiger partial charge on any atom is 0.240 e. The lowest BCUT2D eigenvalue weighted by atomic mass is 10.0. The van der Waals surface area contributed by atoms with Gasteiger partial charge in [-0.2, -0.15) is 0 Å². The lowest BCUT2D eigenvalue weighted by Crippen LogP contribution is -2.32. The summed E-state index contributed by atoms with van der Waals surface area (Å²) in [5.74, 6) is 0.688. The molecule has 0 saturated carbocycles. The summed E-state index contributed by atoms with van der Waals surface area (Å²) in [5.41, 5.74) is 6.09. The monoisotopic (exact) mass is 300 g/mol. The highest BCUT2D eigenvalue weighted by Crippen LogP contribution is 2.24. The summed E-state index contributed by atoms with van der Waals surface area (Å²) >= 11 is 0. The van der Waals surface area contributed by atoms with Crippen molar-refractivity contribution in [3.63, 3.8) is 0 Å². The van der Waals surface area contributed by atoms with E-state index in [-0.39, 0.29) is 4.90 Å². The fourth-order valence-corrected chi connectivity index (χ4v) is 3.25.